The second kappa shape index (κ2) is 8.45. The number of pyridine rings is 1. The zero-order valence-electron chi connectivity index (χ0n) is 10.6. The zero-order valence-corrected chi connectivity index (χ0v) is 11.3. The highest BCUT2D eigenvalue weighted by Crippen LogP contribution is 2.12. The van der Waals surface area contributed by atoms with Gasteiger partial charge in [0, 0.05) is 32.2 Å². The summed E-state index contributed by atoms with van der Waals surface area (Å²) in [4.78, 5) is 3.95. The number of aromatic nitrogens is 1. The lowest BCUT2D eigenvalue weighted by atomic mass is 10.2. The second-order valence-electron chi connectivity index (χ2n) is 4.47. The minimum atomic E-state index is 0.610. The van der Waals surface area contributed by atoms with Gasteiger partial charge in [0.2, 0.25) is 0 Å². The molecule has 0 saturated heterocycles. The Morgan fingerprint density at radius 3 is 3.00 bits per heavy atom. The van der Waals surface area contributed by atoms with Gasteiger partial charge >= 0.3 is 0 Å². The molecular weight excluding hydrogens is 236 g/mol. The van der Waals surface area contributed by atoms with E-state index in [0.717, 1.165) is 43.3 Å². The number of halogens is 1. The number of rotatable bonds is 8. The first-order valence-electron chi connectivity index (χ1n) is 6.07. The van der Waals surface area contributed by atoms with Crippen LogP contribution in [0, 0.1) is 5.92 Å². The van der Waals surface area contributed by atoms with Gasteiger partial charge in [-0.15, -0.1) is 0 Å². The Morgan fingerprint density at radius 2 is 2.29 bits per heavy atom. The number of nitrogens with zero attached hydrogens (tertiary/aromatic N) is 1. The maximum absolute atomic E-state index is 5.99. The van der Waals surface area contributed by atoms with Gasteiger partial charge in [0.1, 0.15) is 0 Å². The van der Waals surface area contributed by atoms with Gasteiger partial charge in [-0.25, -0.2) is 0 Å². The molecule has 0 aromatic carbocycles. The highest BCUT2D eigenvalue weighted by atomic mass is 35.5. The van der Waals surface area contributed by atoms with E-state index in [1.54, 1.807) is 12.4 Å². The fraction of sp³-hybridized carbons (Fsp3) is 0.615. The average Bonchev–Trinajstić information content (AvgIpc) is 2.30. The molecular formula is C13H21ClN2O. The van der Waals surface area contributed by atoms with Crippen molar-refractivity contribution in [3.63, 3.8) is 0 Å². The van der Waals surface area contributed by atoms with E-state index in [4.69, 9.17) is 16.3 Å². The Balaban J connectivity index is 2.03. The monoisotopic (exact) mass is 256 g/mol. The van der Waals surface area contributed by atoms with Gasteiger partial charge in [-0.3, -0.25) is 4.98 Å². The van der Waals surface area contributed by atoms with Gasteiger partial charge < -0.3 is 10.1 Å². The number of nitrogens with one attached hydrogen (secondary N) is 1. The largest absolute Gasteiger partial charge is 0.381 e. The molecule has 1 aromatic heterocycles. The van der Waals surface area contributed by atoms with E-state index >= 15 is 0 Å². The maximum Gasteiger partial charge on any atom is 0.0634 e. The molecule has 0 bridgehead atoms. The van der Waals surface area contributed by atoms with Crippen molar-refractivity contribution >= 4 is 11.6 Å². The first-order valence-corrected chi connectivity index (χ1v) is 6.44. The Morgan fingerprint density at radius 1 is 1.47 bits per heavy atom. The lowest BCUT2D eigenvalue weighted by Gasteiger charge is -2.08. The van der Waals surface area contributed by atoms with E-state index in [0.29, 0.717) is 5.92 Å². The van der Waals surface area contributed by atoms with E-state index in [1.807, 2.05) is 6.07 Å². The van der Waals surface area contributed by atoms with E-state index in [2.05, 4.69) is 24.1 Å². The number of hydrogen-bond acceptors (Lipinski definition) is 3. The summed E-state index contributed by atoms with van der Waals surface area (Å²) in [6, 6.07) is 1.94. The summed E-state index contributed by atoms with van der Waals surface area (Å²) in [5.74, 6) is 0.610. The Bertz CT molecular complexity index is 318. The molecule has 4 heteroatoms. The summed E-state index contributed by atoms with van der Waals surface area (Å²) in [5, 5.41) is 4.06. The fourth-order valence-electron chi connectivity index (χ4n) is 1.39. The molecule has 0 radical (unpaired) electrons. The van der Waals surface area contributed by atoms with Crippen LogP contribution in [0.3, 0.4) is 0 Å². The van der Waals surface area contributed by atoms with Crippen LogP contribution < -0.4 is 5.32 Å². The lowest BCUT2D eigenvalue weighted by Crippen LogP contribution is -2.17. The van der Waals surface area contributed by atoms with Crippen LogP contribution in [0.5, 0.6) is 0 Å². The van der Waals surface area contributed by atoms with Crippen molar-refractivity contribution < 1.29 is 4.74 Å². The van der Waals surface area contributed by atoms with Crippen molar-refractivity contribution in [2.45, 2.75) is 26.8 Å². The van der Waals surface area contributed by atoms with Gasteiger partial charge in [0.05, 0.1) is 5.02 Å². The van der Waals surface area contributed by atoms with Crippen molar-refractivity contribution in [2.24, 2.45) is 5.92 Å². The van der Waals surface area contributed by atoms with Crippen LogP contribution in [0.15, 0.2) is 18.5 Å². The molecule has 0 unspecified atom stereocenters. The summed E-state index contributed by atoms with van der Waals surface area (Å²) >= 11 is 5.99. The van der Waals surface area contributed by atoms with Crippen LogP contribution in [0.4, 0.5) is 0 Å². The standard InChI is InChI=1S/C13H21ClN2O/c1-11(2)10-17-7-3-5-15-8-12-4-6-16-9-13(12)14/h4,6,9,11,15H,3,5,7-8,10H2,1-2H3. The molecule has 0 fully saturated rings. The van der Waals surface area contributed by atoms with E-state index in [9.17, 15) is 0 Å². The van der Waals surface area contributed by atoms with E-state index < -0.39 is 0 Å². The molecule has 0 aliphatic carbocycles. The maximum atomic E-state index is 5.99. The van der Waals surface area contributed by atoms with Crippen molar-refractivity contribution in [3.05, 3.63) is 29.0 Å². The van der Waals surface area contributed by atoms with Gasteiger partial charge in [-0.1, -0.05) is 25.4 Å². The molecule has 0 spiro atoms. The second-order valence-corrected chi connectivity index (χ2v) is 4.87. The fourth-order valence-corrected chi connectivity index (χ4v) is 1.57. The topological polar surface area (TPSA) is 34.1 Å². The van der Waals surface area contributed by atoms with Crippen LogP contribution in [-0.4, -0.2) is 24.7 Å². The quantitative estimate of drug-likeness (QED) is 0.727. The molecule has 96 valence electrons. The van der Waals surface area contributed by atoms with Gasteiger partial charge in [-0.05, 0) is 30.5 Å². The highest BCUT2D eigenvalue weighted by molar-refractivity contribution is 6.31. The Hall–Kier alpha value is -0.640. The predicted octanol–water partition coefficient (Wildman–Crippen LogP) is 2.89. The van der Waals surface area contributed by atoms with Crippen molar-refractivity contribution in [3.8, 4) is 0 Å². The Kier molecular flexibility index (Phi) is 7.17. The molecule has 1 heterocycles. The van der Waals surface area contributed by atoms with Crippen LogP contribution in [0.2, 0.25) is 5.02 Å². The summed E-state index contributed by atoms with van der Waals surface area (Å²) in [7, 11) is 0. The smallest absolute Gasteiger partial charge is 0.0634 e. The van der Waals surface area contributed by atoms with Gasteiger partial charge in [0.25, 0.3) is 0 Å². The zero-order chi connectivity index (χ0) is 12.5. The first kappa shape index (κ1) is 14.4. The van der Waals surface area contributed by atoms with Crippen LogP contribution in [0.25, 0.3) is 0 Å². The predicted molar refractivity (Wildman–Crippen MR) is 71.2 cm³/mol. The van der Waals surface area contributed by atoms with Crippen LogP contribution >= 0.6 is 11.6 Å². The molecule has 0 aliphatic heterocycles. The average molecular weight is 257 g/mol. The normalized spacial score (nSPS) is 11.1. The molecule has 17 heavy (non-hydrogen) atoms. The molecule has 0 aliphatic rings. The summed E-state index contributed by atoms with van der Waals surface area (Å²) in [6.45, 7) is 7.70. The summed E-state index contributed by atoms with van der Waals surface area (Å²) in [6.07, 6.45) is 4.45. The van der Waals surface area contributed by atoms with E-state index in [-0.39, 0.29) is 0 Å². The van der Waals surface area contributed by atoms with Gasteiger partial charge in [-0.2, -0.15) is 0 Å². The molecule has 3 nitrogen and oxygen atoms in total. The summed E-state index contributed by atoms with van der Waals surface area (Å²) < 4.78 is 5.50. The van der Waals surface area contributed by atoms with E-state index in [1.165, 1.54) is 0 Å². The molecule has 1 N–H and O–H groups in total. The van der Waals surface area contributed by atoms with Crippen LogP contribution in [-0.2, 0) is 11.3 Å². The third-order valence-electron chi connectivity index (χ3n) is 2.27. The molecule has 1 aromatic rings. The van der Waals surface area contributed by atoms with Gasteiger partial charge in [0.15, 0.2) is 0 Å². The summed E-state index contributed by atoms with van der Waals surface area (Å²) in [5.41, 5.74) is 1.09. The molecule has 0 amide bonds. The van der Waals surface area contributed by atoms with Crippen molar-refractivity contribution in [1.82, 2.24) is 10.3 Å². The number of ether oxygens (including phenoxy) is 1. The minimum absolute atomic E-state index is 0.610. The molecule has 0 saturated carbocycles. The Labute approximate surface area is 109 Å². The molecule has 1 rings (SSSR count). The highest BCUT2D eigenvalue weighted by Gasteiger charge is 1.98. The van der Waals surface area contributed by atoms with Crippen molar-refractivity contribution in [2.75, 3.05) is 19.8 Å². The first-order chi connectivity index (χ1) is 8.20. The molecule has 0 atom stereocenters. The third kappa shape index (κ3) is 6.61. The third-order valence-corrected chi connectivity index (χ3v) is 2.61. The minimum Gasteiger partial charge on any atom is -0.381 e. The lowest BCUT2D eigenvalue weighted by molar-refractivity contribution is 0.108. The number of hydrogen-bond donors (Lipinski definition) is 1. The van der Waals surface area contributed by atoms with Crippen molar-refractivity contribution in [1.29, 1.82) is 0 Å². The van der Waals surface area contributed by atoms with Crippen LogP contribution in [0.1, 0.15) is 25.8 Å². The SMILES string of the molecule is CC(C)COCCCNCc1ccncc1Cl.